The van der Waals surface area contributed by atoms with Gasteiger partial charge < -0.3 is 27.9 Å². The lowest BCUT2D eigenvalue weighted by Crippen LogP contribution is -2.37. The van der Waals surface area contributed by atoms with E-state index in [1.807, 2.05) is 21.1 Å². The Balaban J connectivity index is 4.25. The van der Waals surface area contributed by atoms with Crippen molar-refractivity contribution < 1.29 is 42.1 Å². The fourth-order valence-corrected chi connectivity index (χ4v) is 7.77. The Morgan fingerprint density at radius 2 is 0.900 bits per heavy atom. The van der Waals surface area contributed by atoms with Crippen molar-refractivity contribution >= 4 is 19.8 Å². The largest absolute Gasteiger partial charge is 0.756 e. The highest BCUT2D eigenvalue weighted by molar-refractivity contribution is 7.45. The molecule has 9 nitrogen and oxygen atoms in total. The average Bonchev–Trinajstić information content (AvgIpc) is 3.20. The topological polar surface area (TPSA) is 111 Å². The number of carbonyl (C=O) groups excluding carboxylic acids is 2. The van der Waals surface area contributed by atoms with Crippen LogP contribution in [-0.2, 0) is 32.7 Å². The molecule has 0 aromatic rings. The average molecular weight is 870 g/mol. The van der Waals surface area contributed by atoms with Gasteiger partial charge in [0.1, 0.15) is 19.8 Å². The molecular formula is C50H96NO8P. The minimum absolute atomic E-state index is 0.0295. The van der Waals surface area contributed by atoms with E-state index in [2.05, 4.69) is 38.2 Å². The van der Waals surface area contributed by atoms with Crippen LogP contribution in [0.2, 0.25) is 0 Å². The zero-order chi connectivity index (χ0) is 44.3. The lowest BCUT2D eigenvalue weighted by molar-refractivity contribution is -0.870. The molecule has 60 heavy (non-hydrogen) atoms. The number of hydrogen-bond donors (Lipinski definition) is 0. The number of phosphoric ester groups is 1. The number of hydrogen-bond acceptors (Lipinski definition) is 8. The highest BCUT2D eigenvalue weighted by Gasteiger charge is 2.21. The van der Waals surface area contributed by atoms with E-state index in [1.54, 1.807) is 0 Å². The summed E-state index contributed by atoms with van der Waals surface area (Å²) >= 11 is 0. The number of quaternary nitrogens is 1. The van der Waals surface area contributed by atoms with Crippen molar-refractivity contribution in [2.24, 2.45) is 0 Å². The summed E-state index contributed by atoms with van der Waals surface area (Å²) in [6.07, 6.45) is 47.7. The number of esters is 2. The van der Waals surface area contributed by atoms with E-state index in [-0.39, 0.29) is 32.0 Å². The molecule has 0 radical (unpaired) electrons. The molecule has 0 N–H and O–H groups in total. The number of unbranched alkanes of at least 4 members (excludes halogenated alkanes) is 28. The van der Waals surface area contributed by atoms with Crippen LogP contribution in [-0.4, -0.2) is 70.0 Å². The number of phosphoric acid groups is 1. The van der Waals surface area contributed by atoms with Crippen molar-refractivity contribution in [2.75, 3.05) is 47.5 Å². The molecule has 0 saturated heterocycles. The summed E-state index contributed by atoms with van der Waals surface area (Å²) in [5, 5.41) is 0. The number of carbonyl (C=O) groups is 2. The van der Waals surface area contributed by atoms with Gasteiger partial charge in [-0.2, -0.15) is 0 Å². The predicted octanol–water partition coefficient (Wildman–Crippen LogP) is 14.1. The first-order chi connectivity index (χ1) is 29.0. The van der Waals surface area contributed by atoms with Gasteiger partial charge in [0.25, 0.3) is 7.82 Å². The monoisotopic (exact) mass is 870 g/mol. The van der Waals surface area contributed by atoms with Crippen LogP contribution in [0.15, 0.2) is 24.3 Å². The number of nitrogens with zero attached hydrogens (tertiary/aromatic N) is 1. The Kier molecular flexibility index (Phi) is 41.7. The second-order valence-electron chi connectivity index (χ2n) is 18.2. The molecule has 0 bridgehead atoms. The third-order valence-electron chi connectivity index (χ3n) is 11.0. The van der Waals surface area contributed by atoms with E-state index in [0.29, 0.717) is 17.4 Å². The molecule has 0 aromatic heterocycles. The molecule has 0 aliphatic carbocycles. The van der Waals surface area contributed by atoms with Gasteiger partial charge in [-0.1, -0.05) is 199 Å². The third kappa shape index (κ3) is 46.0. The maximum Gasteiger partial charge on any atom is 0.306 e. The van der Waals surface area contributed by atoms with E-state index in [1.165, 1.54) is 148 Å². The van der Waals surface area contributed by atoms with Gasteiger partial charge in [0.2, 0.25) is 0 Å². The maximum atomic E-state index is 12.7. The number of rotatable bonds is 46. The summed E-state index contributed by atoms with van der Waals surface area (Å²) in [5.41, 5.74) is 0. The van der Waals surface area contributed by atoms with E-state index in [0.717, 1.165) is 51.4 Å². The van der Waals surface area contributed by atoms with Crippen LogP contribution < -0.4 is 4.89 Å². The molecule has 0 saturated carbocycles. The Hall–Kier alpha value is -1.51. The van der Waals surface area contributed by atoms with E-state index < -0.39 is 26.5 Å². The molecule has 1 unspecified atom stereocenters. The number of ether oxygens (including phenoxy) is 2. The molecule has 2 atom stereocenters. The second kappa shape index (κ2) is 42.8. The van der Waals surface area contributed by atoms with E-state index in [4.69, 9.17) is 18.5 Å². The molecule has 10 heteroatoms. The Labute approximate surface area is 370 Å². The van der Waals surface area contributed by atoms with Crippen molar-refractivity contribution in [3.63, 3.8) is 0 Å². The lowest BCUT2D eigenvalue weighted by Gasteiger charge is -2.28. The summed E-state index contributed by atoms with van der Waals surface area (Å²) in [6, 6.07) is 0. The minimum atomic E-state index is -4.63. The molecule has 0 amide bonds. The van der Waals surface area contributed by atoms with Crippen LogP contribution in [0.25, 0.3) is 0 Å². The molecule has 0 aromatic carbocycles. The van der Waals surface area contributed by atoms with Gasteiger partial charge in [-0.05, 0) is 44.9 Å². The minimum Gasteiger partial charge on any atom is -0.756 e. The smallest absolute Gasteiger partial charge is 0.306 e. The summed E-state index contributed by atoms with van der Waals surface area (Å²) in [5.74, 6) is -0.827. The highest BCUT2D eigenvalue weighted by Crippen LogP contribution is 2.38. The summed E-state index contributed by atoms with van der Waals surface area (Å²) < 4.78 is 34.0. The SMILES string of the molecule is CCCCC/C=C\C/C=C\CCCCCCCCCCCC(=O)O[C@H](COC(=O)CCCCCCCCCCCCCCCCCCC)COP(=O)([O-])OCC[N+](C)(C)C. The van der Waals surface area contributed by atoms with Crippen molar-refractivity contribution in [1.82, 2.24) is 0 Å². The summed E-state index contributed by atoms with van der Waals surface area (Å²) in [6.45, 7) is 4.24. The number of allylic oxidation sites excluding steroid dienone is 4. The predicted molar refractivity (Wildman–Crippen MR) is 250 cm³/mol. The molecule has 0 fully saturated rings. The number of likely N-dealkylation sites (N-methyl/N-ethyl adjacent to an activating group) is 1. The fourth-order valence-electron chi connectivity index (χ4n) is 7.04. The first kappa shape index (κ1) is 58.5. The van der Waals surface area contributed by atoms with Gasteiger partial charge in [0.05, 0.1) is 27.7 Å². The Morgan fingerprint density at radius 1 is 0.517 bits per heavy atom. The van der Waals surface area contributed by atoms with Crippen LogP contribution >= 0.6 is 7.82 Å². The highest BCUT2D eigenvalue weighted by atomic mass is 31.2. The third-order valence-corrected chi connectivity index (χ3v) is 11.9. The molecular weight excluding hydrogens is 774 g/mol. The molecule has 0 aliphatic heterocycles. The standard InChI is InChI=1S/C50H96NO8P/c1-6-8-10-12-14-16-18-20-22-24-25-27-29-31-33-35-37-39-41-43-50(53)59-48(47-58-60(54,55)57-45-44-51(3,4)5)46-56-49(52)42-40-38-36-34-32-30-28-26-23-21-19-17-15-13-11-9-7-2/h14,16,20,22,48H,6-13,15,17-19,21,23-47H2,1-5H3/b16-14-,22-20-/t48-/m1/s1. The van der Waals surface area contributed by atoms with Crippen LogP contribution in [0.5, 0.6) is 0 Å². The lowest BCUT2D eigenvalue weighted by atomic mass is 10.0. The van der Waals surface area contributed by atoms with Gasteiger partial charge >= 0.3 is 11.9 Å². The zero-order valence-electron chi connectivity index (χ0n) is 39.9. The van der Waals surface area contributed by atoms with Crippen LogP contribution in [0.1, 0.15) is 232 Å². The first-order valence-corrected chi connectivity index (χ1v) is 26.5. The van der Waals surface area contributed by atoms with Crippen molar-refractivity contribution in [1.29, 1.82) is 0 Å². The molecule has 0 rings (SSSR count). The fraction of sp³-hybridized carbons (Fsp3) is 0.880. The van der Waals surface area contributed by atoms with Gasteiger partial charge in [0.15, 0.2) is 6.10 Å². The maximum absolute atomic E-state index is 12.7. The molecule has 0 aliphatic rings. The van der Waals surface area contributed by atoms with Crippen LogP contribution in [0, 0.1) is 0 Å². The van der Waals surface area contributed by atoms with Crippen molar-refractivity contribution in [3.8, 4) is 0 Å². The molecule has 0 spiro atoms. The normalized spacial score (nSPS) is 13.6. The van der Waals surface area contributed by atoms with E-state index in [9.17, 15) is 19.0 Å². The van der Waals surface area contributed by atoms with Gasteiger partial charge in [-0.25, -0.2) is 0 Å². The van der Waals surface area contributed by atoms with Gasteiger partial charge in [-0.3, -0.25) is 14.2 Å². The van der Waals surface area contributed by atoms with Crippen LogP contribution in [0.3, 0.4) is 0 Å². The van der Waals surface area contributed by atoms with Crippen molar-refractivity contribution in [3.05, 3.63) is 24.3 Å². The van der Waals surface area contributed by atoms with Gasteiger partial charge in [-0.15, -0.1) is 0 Å². The first-order valence-electron chi connectivity index (χ1n) is 25.0. The van der Waals surface area contributed by atoms with Gasteiger partial charge in [0, 0.05) is 12.8 Å². The summed E-state index contributed by atoms with van der Waals surface area (Å²) in [7, 11) is 1.17. The molecule has 0 heterocycles. The molecule has 354 valence electrons. The second-order valence-corrected chi connectivity index (χ2v) is 19.6. The quantitative estimate of drug-likeness (QED) is 0.0195. The summed E-state index contributed by atoms with van der Waals surface area (Å²) in [4.78, 5) is 37.7. The van der Waals surface area contributed by atoms with E-state index >= 15 is 0 Å². The Morgan fingerprint density at radius 3 is 1.35 bits per heavy atom. The van der Waals surface area contributed by atoms with Crippen molar-refractivity contribution in [2.45, 2.75) is 238 Å². The Bertz CT molecular complexity index is 1070. The van der Waals surface area contributed by atoms with Crippen LogP contribution in [0.4, 0.5) is 0 Å². The zero-order valence-corrected chi connectivity index (χ0v) is 40.8.